The molecule has 0 saturated carbocycles. The van der Waals surface area contributed by atoms with Gasteiger partial charge in [0.15, 0.2) is 0 Å². The Kier molecular flexibility index (Phi) is 2.64. The first-order valence-corrected chi connectivity index (χ1v) is 5.87. The van der Waals surface area contributed by atoms with Gasteiger partial charge in [0.2, 0.25) is 5.88 Å². The predicted octanol–water partition coefficient (Wildman–Crippen LogP) is 3.05. The molecule has 3 rings (SSSR count). The molecule has 1 aromatic heterocycles. The third-order valence-corrected chi connectivity index (χ3v) is 3.03. The van der Waals surface area contributed by atoms with Crippen molar-refractivity contribution < 1.29 is 9.47 Å². The van der Waals surface area contributed by atoms with Crippen LogP contribution in [0.25, 0.3) is 0 Å². The van der Waals surface area contributed by atoms with E-state index >= 15 is 0 Å². The van der Waals surface area contributed by atoms with Crippen LogP contribution in [-0.2, 0) is 11.3 Å². The number of nitrogens with two attached hydrogens (primary N) is 1. The third kappa shape index (κ3) is 1.91. The van der Waals surface area contributed by atoms with Crippen LogP contribution in [0.5, 0.6) is 11.6 Å². The molecule has 0 aliphatic carbocycles. The number of anilines is 1. The number of pyridine rings is 1. The van der Waals surface area contributed by atoms with E-state index < -0.39 is 0 Å². The molecule has 1 atom stereocenters. The SMILES string of the molecule is CC1OCc2cccc(Oc3ccc(N)cn3)c21. The molecular weight excluding hydrogens is 228 g/mol. The standard InChI is InChI=1S/C14H14N2O2/c1-9-14-10(8-17-9)3-2-4-12(14)18-13-6-5-11(15)7-16-13/h2-7,9H,8,15H2,1H3. The number of nitrogen functional groups attached to an aromatic ring is 1. The number of hydrogen-bond acceptors (Lipinski definition) is 4. The van der Waals surface area contributed by atoms with Crippen LogP contribution < -0.4 is 10.5 Å². The predicted molar refractivity (Wildman–Crippen MR) is 68.4 cm³/mol. The van der Waals surface area contributed by atoms with E-state index in [4.69, 9.17) is 15.2 Å². The van der Waals surface area contributed by atoms with Crippen molar-refractivity contribution in [2.45, 2.75) is 19.6 Å². The van der Waals surface area contributed by atoms with Gasteiger partial charge in [-0.05, 0) is 24.6 Å². The van der Waals surface area contributed by atoms with E-state index in [1.54, 1.807) is 18.3 Å². The fraction of sp³-hybridized carbons (Fsp3) is 0.214. The van der Waals surface area contributed by atoms with Crippen LogP contribution in [0, 0.1) is 0 Å². The van der Waals surface area contributed by atoms with Crippen molar-refractivity contribution in [2.75, 3.05) is 5.73 Å². The monoisotopic (exact) mass is 242 g/mol. The normalized spacial score (nSPS) is 17.5. The zero-order valence-corrected chi connectivity index (χ0v) is 10.1. The van der Waals surface area contributed by atoms with Crippen molar-refractivity contribution in [3.05, 3.63) is 47.7 Å². The smallest absolute Gasteiger partial charge is 0.219 e. The highest BCUT2D eigenvalue weighted by molar-refractivity contribution is 5.45. The van der Waals surface area contributed by atoms with Crippen molar-refractivity contribution in [1.82, 2.24) is 4.98 Å². The van der Waals surface area contributed by atoms with E-state index in [1.807, 2.05) is 19.1 Å². The fourth-order valence-electron chi connectivity index (χ4n) is 2.13. The number of rotatable bonds is 2. The third-order valence-electron chi connectivity index (χ3n) is 3.03. The quantitative estimate of drug-likeness (QED) is 0.879. The van der Waals surface area contributed by atoms with Crippen LogP contribution >= 0.6 is 0 Å². The molecule has 2 heterocycles. The molecule has 1 aromatic carbocycles. The first-order valence-electron chi connectivity index (χ1n) is 5.87. The van der Waals surface area contributed by atoms with Crippen molar-refractivity contribution >= 4 is 5.69 Å². The summed E-state index contributed by atoms with van der Waals surface area (Å²) in [7, 11) is 0. The molecule has 0 bridgehead atoms. The summed E-state index contributed by atoms with van der Waals surface area (Å²) < 4.78 is 11.4. The highest BCUT2D eigenvalue weighted by Crippen LogP contribution is 2.38. The molecule has 18 heavy (non-hydrogen) atoms. The molecule has 92 valence electrons. The maximum atomic E-state index is 5.80. The van der Waals surface area contributed by atoms with Crippen LogP contribution in [0.3, 0.4) is 0 Å². The Morgan fingerprint density at radius 3 is 3.00 bits per heavy atom. The maximum absolute atomic E-state index is 5.80. The van der Waals surface area contributed by atoms with Gasteiger partial charge in [0, 0.05) is 11.6 Å². The van der Waals surface area contributed by atoms with Crippen LogP contribution in [0.4, 0.5) is 5.69 Å². The van der Waals surface area contributed by atoms with Gasteiger partial charge in [-0.1, -0.05) is 12.1 Å². The number of ether oxygens (including phenoxy) is 2. The lowest BCUT2D eigenvalue weighted by molar-refractivity contribution is 0.0787. The summed E-state index contributed by atoms with van der Waals surface area (Å²) in [5, 5.41) is 0. The summed E-state index contributed by atoms with van der Waals surface area (Å²) in [4.78, 5) is 4.14. The van der Waals surface area contributed by atoms with Crippen LogP contribution in [0.1, 0.15) is 24.2 Å². The Morgan fingerprint density at radius 2 is 2.22 bits per heavy atom. The summed E-state index contributed by atoms with van der Waals surface area (Å²) in [6.07, 6.45) is 1.64. The molecule has 2 aromatic rings. The number of fused-ring (bicyclic) bond motifs is 1. The fourth-order valence-corrected chi connectivity index (χ4v) is 2.13. The number of hydrogen-bond donors (Lipinski definition) is 1. The minimum atomic E-state index is 0.0602. The Morgan fingerprint density at radius 1 is 1.33 bits per heavy atom. The number of nitrogens with zero attached hydrogens (tertiary/aromatic N) is 1. The minimum Gasteiger partial charge on any atom is -0.439 e. The lowest BCUT2D eigenvalue weighted by atomic mass is 10.1. The summed E-state index contributed by atoms with van der Waals surface area (Å²) in [6, 6.07) is 9.48. The van der Waals surface area contributed by atoms with Crippen molar-refractivity contribution in [3.8, 4) is 11.6 Å². The Balaban J connectivity index is 1.94. The minimum absolute atomic E-state index is 0.0602. The molecular formula is C14H14N2O2. The van der Waals surface area contributed by atoms with Crippen molar-refractivity contribution in [2.24, 2.45) is 0 Å². The van der Waals surface area contributed by atoms with Crippen molar-refractivity contribution in [1.29, 1.82) is 0 Å². The second-order valence-corrected chi connectivity index (χ2v) is 4.31. The van der Waals surface area contributed by atoms with Crippen LogP contribution in [0.15, 0.2) is 36.5 Å². The average molecular weight is 242 g/mol. The lowest BCUT2D eigenvalue weighted by Crippen LogP contribution is -1.96. The van der Waals surface area contributed by atoms with E-state index in [-0.39, 0.29) is 6.10 Å². The highest BCUT2D eigenvalue weighted by atomic mass is 16.5. The van der Waals surface area contributed by atoms with E-state index in [2.05, 4.69) is 11.1 Å². The molecule has 0 fully saturated rings. The molecule has 1 aliphatic rings. The van der Waals surface area contributed by atoms with Gasteiger partial charge < -0.3 is 15.2 Å². The van der Waals surface area contributed by atoms with Gasteiger partial charge in [0.05, 0.1) is 24.6 Å². The average Bonchev–Trinajstić information content (AvgIpc) is 2.75. The molecule has 2 N–H and O–H groups in total. The molecule has 0 saturated heterocycles. The van der Waals surface area contributed by atoms with Gasteiger partial charge in [0.1, 0.15) is 5.75 Å². The molecule has 0 amide bonds. The molecule has 4 nitrogen and oxygen atoms in total. The molecule has 1 unspecified atom stereocenters. The molecule has 4 heteroatoms. The van der Waals surface area contributed by atoms with Gasteiger partial charge >= 0.3 is 0 Å². The van der Waals surface area contributed by atoms with E-state index in [9.17, 15) is 0 Å². The summed E-state index contributed by atoms with van der Waals surface area (Å²) >= 11 is 0. The van der Waals surface area contributed by atoms with Crippen molar-refractivity contribution in [3.63, 3.8) is 0 Å². The number of benzene rings is 1. The highest BCUT2D eigenvalue weighted by Gasteiger charge is 2.23. The zero-order valence-electron chi connectivity index (χ0n) is 10.1. The first-order chi connectivity index (χ1) is 8.74. The maximum Gasteiger partial charge on any atom is 0.219 e. The first kappa shape index (κ1) is 11.0. The Bertz CT molecular complexity index is 567. The van der Waals surface area contributed by atoms with E-state index in [0.717, 1.165) is 11.3 Å². The Hall–Kier alpha value is -2.07. The second-order valence-electron chi connectivity index (χ2n) is 4.31. The second kappa shape index (κ2) is 4.31. The van der Waals surface area contributed by atoms with Gasteiger partial charge in [-0.2, -0.15) is 0 Å². The van der Waals surface area contributed by atoms with Crippen LogP contribution in [-0.4, -0.2) is 4.98 Å². The molecule has 0 spiro atoms. The Labute approximate surface area is 105 Å². The van der Waals surface area contributed by atoms with Gasteiger partial charge in [0.25, 0.3) is 0 Å². The van der Waals surface area contributed by atoms with Gasteiger partial charge in [-0.3, -0.25) is 0 Å². The van der Waals surface area contributed by atoms with Crippen LogP contribution in [0.2, 0.25) is 0 Å². The van der Waals surface area contributed by atoms with E-state index in [1.165, 1.54) is 5.56 Å². The molecule has 1 aliphatic heterocycles. The largest absolute Gasteiger partial charge is 0.439 e. The van der Waals surface area contributed by atoms with Gasteiger partial charge in [-0.25, -0.2) is 4.98 Å². The summed E-state index contributed by atoms with van der Waals surface area (Å²) in [5.41, 5.74) is 8.50. The summed E-state index contributed by atoms with van der Waals surface area (Å²) in [6.45, 7) is 2.66. The topological polar surface area (TPSA) is 57.4 Å². The zero-order chi connectivity index (χ0) is 12.5. The number of aromatic nitrogens is 1. The molecule has 0 radical (unpaired) electrons. The summed E-state index contributed by atoms with van der Waals surface area (Å²) in [5.74, 6) is 1.34. The van der Waals surface area contributed by atoms with E-state index in [0.29, 0.717) is 18.2 Å². The van der Waals surface area contributed by atoms with Gasteiger partial charge in [-0.15, -0.1) is 0 Å². The lowest BCUT2D eigenvalue weighted by Gasteiger charge is -2.11.